The van der Waals surface area contributed by atoms with Crippen molar-refractivity contribution < 1.29 is 5.11 Å². The van der Waals surface area contributed by atoms with Gasteiger partial charge in [-0.15, -0.1) is 11.3 Å². The molecule has 0 aliphatic rings. The molecule has 0 spiro atoms. The van der Waals surface area contributed by atoms with Gasteiger partial charge < -0.3 is 5.11 Å². The Kier molecular flexibility index (Phi) is 5.89. The molecule has 0 atom stereocenters. The fraction of sp³-hybridized carbons (Fsp3) is 0.138. The summed E-state index contributed by atoms with van der Waals surface area (Å²) in [6, 6.07) is 24.1. The number of phenolic OH excluding ortho intramolecular Hbond substituents is 1. The van der Waals surface area contributed by atoms with Crippen LogP contribution in [-0.2, 0) is 5.41 Å². The Labute approximate surface area is 213 Å². The van der Waals surface area contributed by atoms with Gasteiger partial charge in [-0.05, 0) is 57.6 Å². The lowest BCUT2D eigenvalue weighted by atomic mass is 9.83. The summed E-state index contributed by atoms with van der Waals surface area (Å²) in [6.45, 7) is 6.51. The lowest BCUT2D eigenvalue weighted by Gasteiger charge is -2.22. The van der Waals surface area contributed by atoms with Gasteiger partial charge in [0.05, 0.1) is 21.3 Å². The maximum atomic E-state index is 11.5. The van der Waals surface area contributed by atoms with Crippen LogP contribution in [0.4, 0.5) is 0 Å². The van der Waals surface area contributed by atoms with Crippen LogP contribution >= 0.6 is 34.5 Å². The van der Waals surface area contributed by atoms with Crippen LogP contribution in [0.25, 0.3) is 43.7 Å². The van der Waals surface area contributed by atoms with Crippen molar-refractivity contribution in [2.75, 3.05) is 0 Å². The van der Waals surface area contributed by atoms with Gasteiger partial charge in [-0.25, -0.2) is 4.98 Å². The van der Waals surface area contributed by atoms with Crippen molar-refractivity contribution in [2.45, 2.75) is 26.2 Å². The second kappa shape index (κ2) is 8.74. The van der Waals surface area contributed by atoms with Crippen molar-refractivity contribution in [3.8, 4) is 38.7 Å². The molecule has 5 aromatic rings. The predicted molar refractivity (Wildman–Crippen MR) is 146 cm³/mol. The molecular formula is C29H23Cl2NOS. The minimum atomic E-state index is -0.111. The van der Waals surface area contributed by atoms with Gasteiger partial charge in [0.1, 0.15) is 10.8 Å². The first-order valence-electron chi connectivity index (χ1n) is 11.0. The fourth-order valence-electron chi connectivity index (χ4n) is 4.06. The van der Waals surface area contributed by atoms with Crippen molar-refractivity contribution in [3.63, 3.8) is 0 Å². The van der Waals surface area contributed by atoms with E-state index < -0.39 is 0 Å². The summed E-state index contributed by atoms with van der Waals surface area (Å²) < 4.78 is 0. The second-order valence-corrected chi connectivity index (χ2v) is 11.0. The summed E-state index contributed by atoms with van der Waals surface area (Å²) in [5, 5.41) is 17.5. The number of aromatic nitrogens is 1. The molecule has 2 nitrogen and oxygen atoms in total. The Morgan fingerprint density at radius 2 is 1.47 bits per heavy atom. The predicted octanol–water partition coefficient (Wildman–Crippen LogP) is 9.61. The van der Waals surface area contributed by atoms with E-state index in [1.54, 1.807) is 12.1 Å². The number of fused-ring (bicyclic) bond motifs is 1. The molecule has 0 amide bonds. The number of thiazole rings is 1. The van der Waals surface area contributed by atoms with Gasteiger partial charge >= 0.3 is 0 Å². The van der Waals surface area contributed by atoms with Crippen LogP contribution in [0.3, 0.4) is 0 Å². The van der Waals surface area contributed by atoms with Gasteiger partial charge in [0.25, 0.3) is 0 Å². The quantitative estimate of drug-likeness (QED) is 0.265. The standard InChI is InChI=1S/C29H23Cl2NOS/c1-29(2,3)20-14-21(19-12-11-17-7-4-5-8-18(17)13-19)27(33)22(15-20)28-32-25(16-34-28)26-23(30)9-6-10-24(26)31/h4-16,33H,1-3H3. The molecule has 0 saturated heterocycles. The Balaban J connectivity index is 1.70. The van der Waals surface area contributed by atoms with Gasteiger partial charge in [0.2, 0.25) is 0 Å². The number of halogens is 2. The van der Waals surface area contributed by atoms with Crippen LogP contribution in [0.2, 0.25) is 10.0 Å². The number of hydrogen-bond acceptors (Lipinski definition) is 3. The Morgan fingerprint density at radius 1 is 0.794 bits per heavy atom. The number of aromatic hydroxyl groups is 1. The molecule has 0 fully saturated rings. The van der Waals surface area contributed by atoms with E-state index in [-0.39, 0.29) is 11.2 Å². The third-order valence-corrected chi connectivity index (χ3v) is 7.50. The lowest BCUT2D eigenvalue weighted by molar-refractivity contribution is 0.478. The molecule has 1 aromatic heterocycles. The summed E-state index contributed by atoms with van der Waals surface area (Å²) >= 11 is 14.3. The zero-order valence-corrected chi connectivity index (χ0v) is 21.4. The highest BCUT2D eigenvalue weighted by Crippen LogP contribution is 2.45. The smallest absolute Gasteiger partial charge is 0.133 e. The highest BCUT2D eigenvalue weighted by atomic mass is 35.5. The Hall–Kier alpha value is -2.85. The van der Waals surface area contributed by atoms with Gasteiger partial charge in [-0.2, -0.15) is 0 Å². The second-order valence-electron chi connectivity index (χ2n) is 9.37. The molecule has 4 aromatic carbocycles. The third-order valence-electron chi connectivity index (χ3n) is 5.99. The topological polar surface area (TPSA) is 33.1 Å². The maximum absolute atomic E-state index is 11.5. The Bertz CT molecular complexity index is 1510. The highest BCUT2D eigenvalue weighted by Gasteiger charge is 2.22. The fourth-order valence-corrected chi connectivity index (χ4v) is 5.48. The molecule has 1 heterocycles. The van der Waals surface area contributed by atoms with E-state index in [0.29, 0.717) is 26.9 Å². The molecule has 0 saturated carbocycles. The van der Waals surface area contributed by atoms with Gasteiger partial charge in [0, 0.05) is 16.5 Å². The van der Waals surface area contributed by atoms with E-state index in [0.717, 1.165) is 27.1 Å². The average molecular weight is 504 g/mol. The summed E-state index contributed by atoms with van der Waals surface area (Å²) in [7, 11) is 0. The third kappa shape index (κ3) is 4.20. The Morgan fingerprint density at radius 3 is 2.18 bits per heavy atom. The molecule has 5 rings (SSSR count). The van der Waals surface area contributed by atoms with E-state index >= 15 is 0 Å². The molecule has 34 heavy (non-hydrogen) atoms. The van der Waals surface area contributed by atoms with E-state index in [1.165, 1.54) is 16.7 Å². The number of hydrogen-bond donors (Lipinski definition) is 1. The number of rotatable bonds is 3. The number of benzene rings is 4. The van der Waals surface area contributed by atoms with Crippen molar-refractivity contribution in [1.82, 2.24) is 4.98 Å². The minimum Gasteiger partial charge on any atom is -0.507 e. The summed E-state index contributed by atoms with van der Waals surface area (Å²) in [5.74, 6) is 0.217. The van der Waals surface area contributed by atoms with Crippen LogP contribution in [-0.4, -0.2) is 10.1 Å². The highest BCUT2D eigenvalue weighted by molar-refractivity contribution is 7.13. The molecule has 0 aliphatic heterocycles. The summed E-state index contributed by atoms with van der Waals surface area (Å²) in [4.78, 5) is 4.83. The summed E-state index contributed by atoms with van der Waals surface area (Å²) in [5.41, 5.74) is 4.87. The molecular weight excluding hydrogens is 481 g/mol. The van der Waals surface area contributed by atoms with Crippen molar-refractivity contribution in [2.24, 2.45) is 0 Å². The van der Waals surface area contributed by atoms with Crippen molar-refractivity contribution in [3.05, 3.63) is 93.8 Å². The molecule has 170 valence electrons. The average Bonchev–Trinajstić information content (AvgIpc) is 3.27. The first-order valence-corrected chi connectivity index (χ1v) is 12.6. The lowest BCUT2D eigenvalue weighted by Crippen LogP contribution is -2.11. The largest absolute Gasteiger partial charge is 0.507 e. The minimum absolute atomic E-state index is 0.111. The van der Waals surface area contributed by atoms with Gasteiger partial charge in [0.15, 0.2) is 0 Å². The monoisotopic (exact) mass is 503 g/mol. The van der Waals surface area contributed by atoms with Gasteiger partial charge in [-0.3, -0.25) is 0 Å². The zero-order valence-electron chi connectivity index (χ0n) is 19.1. The van der Waals surface area contributed by atoms with Gasteiger partial charge in [-0.1, -0.05) is 86.4 Å². The first kappa shape index (κ1) is 22.9. The molecule has 1 N–H and O–H groups in total. The molecule has 0 aliphatic carbocycles. The molecule has 0 bridgehead atoms. The first-order chi connectivity index (χ1) is 16.2. The van der Waals surface area contributed by atoms with Crippen molar-refractivity contribution in [1.29, 1.82) is 0 Å². The maximum Gasteiger partial charge on any atom is 0.133 e. The zero-order chi connectivity index (χ0) is 24.0. The van der Waals surface area contributed by atoms with Crippen LogP contribution in [0.15, 0.2) is 78.2 Å². The summed E-state index contributed by atoms with van der Waals surface area (Å²) in [6.07, 6.45) is 0. The SMILES string of the molecule is CC(C)(C)c1cc(-c2ccc3ccccc3c2)c(O)c(-c2nc(-c3c(Cl)cccc3Cl)cs2)c1. The molecule has 0 unspecified atom stereocenters. The van der Waals surface area contributed by atoms with E-state index in [9.17, 15) is 5.11 Å². The van der Waals surface area contributed by atoms with Crippen LogP contribution in [0.5, 0.6) is 5.75 Å². The molecule has 0 radical (unpaired) electrons. The van der Waals surface area contributed by atoms with Crippen LogP contribution in [0.1, 0.15) is 26.3 Å². The van der Waals surface area contributed by atoms with Crippen LogP contribution in [0, 0.1) is 0 Å². The van der Waals surface area contributed by atoms with E-state index in [2.05, 4.69) is 57.2 Å². The number of nitrogens with zero attached hydrogens (tertiary/aromatic N) is 1. The van der Waals surface area contributed by atoms with E-state index in [1.807, 2.05) is 29.6 Å². The van der Waals surface area contributed by atoms with Crippen molar-refractivity contribution >= 4 is 45.3 Å². The normalized spacial score (nSPS) is 11.8. The number of phenols is 1. The van der Waals surface area contributed by atoms with Crippen LogP contribution < -0.4 is 0 Å². The molecule has 5 heteroatoms. The van der Waals surface area contributed by atoms with E-state index in [4.69, 9.17) is 28.2 Å².